The zero-order valence-corrected chi connectivity index (χ0v) is 17.5. The maximum atomic E-state index is 12.8. The molecule has 0 spiro atoms. The number of rotatable bonds is 5. The number of methoxy groups -OCH3 is 1. The molecule has 0 aliphatic carbocycles. The molecule has 0 bridgehead atoms. The molecule has 2 atom stereocenters. The molecule has 150 valence electrons. The highest BCUT2D eigenvalue weighted by Crippen LogP contribution is 2.41. The van der Waals surface area contributed by atoms with Crippen molar-refractivity contribution in [1.82, 2.24) is 5.32 Å². The predicted octanol–water partition coefficient (Wildman–Crippen LogP) is 4.50. The average Bonchev–Trinajstić information content (AvgIpc) is 2.63. The Hall–Kier alpha value is -2.69. The largest absolute Gasteiger partial charge is 0.497 e. The van der Waals surface area contributed by atoms with Crippen molar-refractivity contribution in [3.63, 3.8) is 0 Å². The van der Waals surface area contributed by atoms with Crippen molar-refractivity contribution in [1.29, 1.82) is 0 Å². The van der Waals surface area contributed by atoms with E-state index >= 15 is 0 Å². The number of carbonyl (C=O) groups excluding carboxylic acids is 1. The summed E-state index contributed by atoms with van der Waals surface area (Å²) >= 11 is 0. The zero-order valence-electron chi connectivity index (χ0n) is 17.5. The number of hydrogen-bond acceptors (Lipinski definition) is 4. The van der Waals surface area contributed by atoms with Gasteiger partial charge in [-0.25, -0.2) is 0 Å². The number of amides is 1. The molecule has 2 aromatic carbocycles. The van der Waals surface area contributed by atoms with Crippen LogP contribution in [0.15, 0.2) is 36.4 Å². The van der Waals surface area contributed by atoms with Gasteiger partial charge >= 0.3 is 0 Å². The first-order chi connectivity index (χ1) is 13.2. The maximum Gasteiger partial charge on any atom is 0.261 e. The second-order valence-corrected chi connectivity index (χ2v) is 8.04. The molecule has 3 rings (SSSR count). The first-order valence-corrected chi connectivity index (χ1v) is 9.60. The smallest absolute Gasteiger partial charge is 0.261 e. The van der Waals surface area contributed by atoms with Gasteiger partial charge in [-0.15, -0.1) is 0 Å². The van der Waals surface area contributed by atoms with E-state index < -0.39 is 6.10 Å². The summed E-state index contributed by atoms with van der Waals surface area (Å²) in [5, 5.41) is 3.13. The van der Waals surface area contributed by atoms with Crippen molar-refractivity contribution >= 4 is 5.91 Å². The molecule has 0 saturated carbocycles. The Bertz CT molecular complexity index is 875. The molecule has 0 aromatic heterocycles. The van der Waals surface area contributed by atoms with Crippen molar-refractivity contribution in [2.75, 3.05) is 7.11 Å². The third-order valence-electron chi connectivity index (χ3n) is 5.15. The number of nitrogens with one attached hydrogen (secondary N) is 1. The van der Waals surface area contributed by atoms with Crippen LogP contribution in [0, 0.1) is 13.8 Å². The van der Waals surface area contributed by atoms with Crippen LogP contribution < -0.4 is 19.5 Å². The minimum Gasteiger partial charge on any atom is -0.497 e. The number of fused-ring (bicyclic) bond motifs is 1. The summed E-state index contributed by atoms with van der Waals surface area (Å²) in [5.41, 5.74) is 2.87. The average molecular weight is 383 g/mol. The highest BCUT2D eigenvalue weighted by molar-refractivity contribution is 5.81. The van der Waals surface area contributed by atoms with E-state index in [2.05, 4.69) is 5.32 Å². The Balaban J connectivity index is 1.76. The van der Waals surface area contributed by atoms with Crippen LogP contribution in [-0.4, -0.2) is 24.7 Å². The van der Waals surface area contributed by atoms with Crippen molar-refractivity contribution in [3.05, 3.63) is 53.1 Å². The predicted molar refractivity (Wildman–Crippen MR) is 109 cm³/mol. The lowest BCUT2D eigenvalue weighted by Crippen LogP contribution is -2.44. The fraction of sp³-hybridized carbons (Fsp3) is 0.435. The minimum absolute atomic E-state index is 0.158. The van der Waals surface area contributed by atoms with Crippen LogP contribution in [0.1, 0.15) is 49.9 Å². The number of hydrogen-bond donors (Lipinski definition) is 1. The Morgan fingerprint density at radius 1 is 1.14 bits per heavy atom. The van der Waals surface area contributed by atoms with Gasteiger partial charge in [0.05, 0.1) is 13.2 Å². The van der Waals surface area contributed by atoms with Gasteiger partial charge in [0.2, 0.25) is 0 Å². The molecule has 5 heteroatoms. The molecule has 0 radical (unpaired) electrons. The lowest BCUT2D eigenvalue weighted by Gasteiger charge is -2.38. The van der Waals surface area contributed by atoms with Gasteiger partial charge in [-0.2, -0.15) is 0 Å². The van der Waals surface area contributed by atoms with E-state index in [1.807, 2.05) is 64.1 Å². The van der Waals surface area contributed by atoms with E-state index in [4.69, 9.17) is 14.2 Å². The maximum absolute atomic E-state index is 12.8. The van der Waals surface area contributed by atoms with Crippen LogP contribution in [-0.2, 0) is 4.79 Å². The van der Waals surface area contributed by atoms with Gasteiger partial charge in [0.1, 0.15) is 22.8 Å². The molecule has 1 aliphatic rings. The molecule has 2 aromatic rings. The highest BCUT2D eigenvalue weighted by atomic mass is 16.5. The van der Waals surface area contributed by atoms with Crippen LogP contribution >= 0.6 is 0 Å². The summed E-state index contributed by atoms with van der Waals surface area (Å²) in [6.07, 6.45) is 0.0528. The van der Waals surface area contributed by atoms with Crippen LogP contribution in [0.3, 0.4) is 0 Å². The molecule has 0 saturated heterocycles. The van der Waals surface area contributed by atoms with Crippen molar-refractivity contribution in [3.8, 4) is 17.2 Å². The Morgan fingerprint density at radius 3 is 2.54 bits per heavy atom. The van der Waals surface area contributed by atoms with Crippen LogP contribution in [0.5, 0.6) is 17.2 Å². The quantitative estimate of drug-likeness (QED) is 0.826. The Morgan fingerprint density at radius 2 is 1.86 bits per heavy atom. The molecule has 0 fully saturated rings. The van der Waals surface area contributed by atoms with Crippen molar-refractivity contribution < 1.29 is 19.0 Å². The van der Waals surface area contributed by atoms with Gasteiger partial charge in [-0.1, -0.05) is 6.07 Å². The van der Waals surface area contributed by atoms with E-state index in [-0.39, 0.29) is 17.6 Å². The monoisotopic (exact) mass is 383 g/mol. The Labute approximate surface area is 167 Å². The number of ether oxygens (including phenoxy) is 3. The van der Waals surface area contributed by atoms with Crippen molar-refractivity contribution in [2.24, 2.45) is 0 Å². The summed E-state index contributed by atoms with van der Waals surface area (Å²) < 4.78 is 17.3. The summed E-state index contributed by atoms with van der Waals surface area (Å²) in [4.78, 5) is 12.8. The lowest BCUT2D eigenvalue weighted by molar-refractivity contribution is -0.128. The fourth-order valence-electron chi connectivity index (χ4n) is 3.42. The molecule has 28 heavy (non-hydrogen) atoms. The number of aryl methyl sites for hydroxylation is 2. The lowest BCUT2D eigenvalue weighted by atomic mass is 9.89. The molecular weight excluding hydrogens is 354 g/mol. The molecule has 1 heterocycles. The van der Waals surface area contributed by atoms with E-state index in [0.717, 1.165) is 22.6 Å². The summed E-state index contributed by atoms with van der Waals surface area (Å²) in [6.45, 7) is 9.89. The molecule has 1 aliphatic heterocycles. The van der Waals surface area contributed by atoms with E-state index in [9.17, 15) is 4.79 Å². The first-order valence-electron chi connectivity index (χ1n) is 9.60. The van der Waals surface area contributed by atoms with Crippen molar-refractivity contribution in [2.45, 2.75) is 58.8 Å². The van der Waals surface area contributed by atoms with Gasteiger partial charge in [0, 0.05) is 12.0 Å². The van der Waals surface area contributed by atoms with Crippen LogP contribution in [0.4, 0.5) is 0 Å². The molecule has 0 unspecified atom stereocenters. The molecular formula is C23H29NO4. The molecule has 1 N–H and O–H groups in total. The van der Waals surface area contributed by atoms with Crippen LogP contribution in [0.25, 0.3) is 0 Å². The summed E-state index contributed by atoms with van der Waals surface area (Å²) in [5.74, 6) is 2.04. The second-order valence-electron chi connectivity index (χ2n) is 8.04. The van der Waals surface area contributed by atoms with Gasteiger partial charge in [0.15, 0.2) is 6.10 Å². The normalized spacial score (nSPS) is 18.4. The van der Waals surface area contributed by atoms with E-state index in [1.165, 1.54) is 5.56 Å². The third kappa shape index (κ3) is 4.41. The topological polar surface area (TPSA) is 56.8 Å². The van der Waals surface area contributed by atoms with Gasteiger partial charge in [0.25, 0.3) is 5.91 Å². The first kappa shape index (κ1) is 20.1. The van der Waals surface area contributed by atoms with Crippen LogP contribution in [0.2, 0.25) is 0 Å². The number of carbonyl (C=O) groups is 1. The van der Waals surface area contributed by atoms with Gasteiger partial charge in [-0.05, 0) is 76.1 Å². The van der Waals surface area contributed by atoms with Gasteiger partial charge in [-0.3, -0.25) is 4.79 Å². The minimum atomic E-state index is -0.609. The standard InChI is InChI=1S/C23H29NO4/c1-14-7-8-18(11-15(14)2)27-16(3)22(25)24-20-13-23(4,5)28-21-10-9-17(26-6)12-19(20)21/h7-12,16,20H,13H2,1-6H3,(H,24,25)/t16-,20+/m1/s1. The summed E-state index contributed by atoms with van der Waals surface area (Å²) in [7, 11) is 1.63. The van der Waals surface area contributed by atoms with E-state index in [1.54, 1.807) is 14.0 Å². The second kappa shape index (κ2) is 7.74. The summed E-state index contributed by atoms with van der Waals surface area (Å²) in [6, 6.07) is 11.4. The SMILES string of the molecule is COc1ccc2c(c1)[C@@H](NC(=O)[C@@H](C)Oc1ccc(C)c(C)c1)CC(C)(C)O2. The molecule has 5 nitrogen and oxygen atoms in total. The molecule has 1 amide bonds. The van der Waals surface area contributed by atoms with E-state index in [0.29, 0.717) is 12.2 Å². The number of benzene rings is 2. The highest BCUT2D eigenvalue weighted by Gasteiger charge is 2.35. The Kier molecular flexibility index (Phi) is 5.54. The zero-order chi connectivity index (χ0) is 20.5. The van der Waals surface area contributed by atoms with Gasteiger partial charge < -0.3 is 19.5 Å². The fourth-order valence-corrected chi connectivity index (χ4v) is 3.42. The third-order valence-corrected chi connectivity index (χ3v) is 5.15.